The number of rotatable bonds is 67. The Balaban J connectivity index is 5.16. The van der Waals surface area contributed by atoms with Gasteiger partial charge in [0.2, 0.25) is 0 Å². The van der Waals surface area contributed by atoms with Gasteiger partial charge in [0, 0.05) is 25.7 Å². The maximum absolute atomic E-state index is 13.0. The molecular weight excluding hydrogens is 1150 g/mol. The van der Waals surface area contributed by atoms with E-state index < -0.39 is 97.5 Å². The highest BCUT2D eigenvalue weighted by Crippen LogP contribution is 2.45. The van der Waals surface area contributed by atoms with Gasteiger partial charge in [0.1, 0.15) is 19.3 Å². The van der Waals surface area contributed by atoms with Crippen molar-refractivity contribution in [1.82, 2.24) is 0 Å². The summed E-state index contributed by atoms with van der Waals surface area (Å²) in [6.07, 6.45) is 44.9. The minimum absolute atomic E-state index is 0.102. The molecule has 2 unspecified atom stereocenters. The Morgan fingerprint density at radius 3 is 0.782 bits per heavy atom. The second-order valence-corrected chi connectivity index (χ2v) is 28.4. The molecule has 19 heteroatoms. The largest absolute Gasteiger partial charge is 0.472 e. The molecule has 0 radical (unpaired) electrons. The van der Waals surface area contributed by atoms with Crippen LogP contribution >= 0.6 is 15.6 Å². The minimum atomic E-state index is -4.95. The molecule has 0 amide bonds. The second kappa shape index (κ2) is 60.3. The summed E-state index contributed by atoms with van der Waals surface area (Å²) in [6.45, 7) is 9.37. The molecule has 0 spiro atoms. The van der Waals surface area contributed by atoms with Crippen LogP contribution in [0, 0.1) is 11.8 Å². The Labute approximate surface area is 530 Å². The van der Waals surface area contributed by atoms with Crippen LogP contribution in [0.1, 0.15) is 343 Å². The molecule has 0 saturated carbocycles. The normalized spacial score (nSPS) is 14.2. The zero-order chi connectivity index (χ0) is 64.3. The first-order valence-electron chi connectivity index (χ1n) is 35.5. The van der Waals surface area contributed by atoms with Crippen molar-refractivity contribution in [2.45, 2.75) is 362 Å². The number of carbonyl (C=O) groups excluding carboxylic acids is 4. The Morgan fingerprint density at radius 2 is 0.529 bits per heavy atom. The third kappa shape index (κ3) is 62.6. The lowest BCUT2D eigenvalue weighted by molar-refractivity contribution is -0.161. The summed E-state index contributed by atoms with van der Waals surface area (Å²) < 4.78 is 68.0. The number of esters is 4. The molecule has 17 nitrogen and oxygen atoms in total. The van der Waals surface area contributed by atoms with E-state index in [0.29, 0.717) is 31.6 Å². The van der Waals surface area contributed by atoms with Crippen LogP contribution in [0.4, 0.5) is 0 Å². The second-order valence-electron chi connectivity index (χ2n) is 25.5. The number of hydrogen-bond acceptors (Lipinski definition) is 15. The van der Waals surface area contributed by atoms with Gasteiger partial charge in [0.25, 0.3) is 0 Å². The number of aliphatic hydroxyl groups excluding tert-OH is 1. The van der Waals surface area contributed by atoms with E-state index in [0.717, 1.165) is 109 Å². The van der Waals surface area contributed by atoms with Gasteiger partial charge >= 0.3 is 39.5 Å². The molecule has 0 heterocycles. The molecule has 87 heavy (non-hydrogen) atoms. The standard InChI is InChI=1S/C68H132O17P2/c1-7-9-11-13-15-16-17-18-19-20-21-22-23-24-25-28-33-40-46-52-67(72)84-63(57-79-66(71)51-45-39-32-29-26-27-31-36-42-48-60(3)4)58-82-86(74,75)80-54-62(69)55-81-87(76,77)83-59-64(56-78-65(70)50-44-38-30-14-12-10-8-2)85-68(73)53-47-41-35-34-37-43-49-61(5)6/h60-64,69H,7-59H2,1-6H3,(H,74,75)(H,76,77)/t62-,63-,64-/m1/s1. The summed E-state index contributed by atoms with van der Waals surface area (Å²) in [6, 6.07) is 0. The van der Waals surface area contributed by atoms with E-state index in [1.165, 1.54) is 148 Å². The van der Waals surface area contributed by atoms with Crippen LogP contribution in [0.3, 0.4) is 0 Å². The topological polar surface area (TPSA) is 237 Å². The van der Waals surface area contributed by atoms with Crippen molar-refractivity contribution in [3.05, 3.63) is 0 Å². The maximum Gasteiger partial charge on any atom is 0.472 e. The quantitative estimate of drug-likeness (QED) is 0.0222. The number of aliphatic hydroxyl groups is 1. The molecule has 0 aromatic heterocycles. The van der Waals surface area contributed by atoms with Crippen molar-refractivity contribution < 1.29 is 80.2 Å². The van der Waals surface area contributed by atoms with Crippen molar-refractivity contribution in [3.8, 4) is 0 Å². The van der Waals surface area contributed by atoms with E-state index in [4.69, 9.17) is 37.0 Å². The van der Waals surface area contributed by atoms with Gasteiger partial charge in [0.05, 0.1) is 26.4 Å². The predicted octanol–water partition coefficient (Wildman–Crippen LogP) is 19.2. The zero-order valence-corrected chi connectivity index (χ0v) is 58.1. The Hall–Kier alpha value is -1.94. The summed E-state index contributed by atoms with van der Waals surface area (Å²) in [5.41, 5.74) is 0. The Bertz CT molecular complexity index is 1700. The first-order chi connectivity index (χ1) is 41.9. The van der Waals surface area contributed by atoms with E-state index in [1.807, 2.05) is 0 Å². The van der Waals surface area contributed by atoms with Crippen LogP contribution in [-0.2, 0) is 65.4 Å². The van der Waals surface area contributed by atoms with E-state index in [1.54, 1.807) is 0 Å². The van der Waals surface area contributed by atoms with E-state index in [2.05, 4.69) is 41.5 Å². The van der Waals surface area contributed by atoms with Gasteiger partial charge in [-0.25, -0.2) is 9.13 Å². The van der Waals surface area contributed by atoms with Gasteiger partial charge in [0.15, 0.2) is 12.2 Å². The molecule has 0 bridgehead atoms. The van der Waals surface area contributed by atoms with Crippen LogP contribution in [0.2, 0.25) is 0 Å². The predicted molar refractivity (Wildman–Crippen MR) is 349 cm³/mol. The summed E-state index contributed by atoms with van der Waals surface area (Å²) >= 11 is 0. The number of phosphoric ester groups is 2. The molecule has 516 valence electrons. The molecule has 5 atom stereocenters. The van der Waals surface area contributed by atoms with E-state index in [-0.39, 0.29) is 25.7 Å². The third-order valence-corrected chi connectivity index (χ3v) is 17.6. The van der Waals surface area contributed by atoms with E-state index >= 15 is 0 Å². The highest BCUT2D eigenvalue weighted by Gasteiger charge is 2.30. The van der Waals surface area contributed by atoms with Crippen molar-refractivity contribution in [1.29, 1.82) is 0 Å². The molecule has 0 rings (SSSR count). The first-order valence-corrected chi connectivity index (χ1v) is 38.5. The average molecular weight is 1280 g/mol. The molecule has 0 fully saturated rings. The average Bonchev–Trinajstić information content (AvgIpc) is 3.68. The fraction of sp³-hybridized carbons (Fsp3) is 0.941. The van der Waals surface area contributed by atoms with Gasteiger partial charge in [-0.15, -0.1) is 0 Å². The molecule has 0 saturated heterocycles. The van der Waals surface area contributed by atoms with Gasteiger partial charge in [-0.2, -0.15) is 0 Å². The Morgan fingerprint density at radius 1 is 0.310 bits per heavy atom. The highest BCUT2D eigenvalue weighted by molar-refractivity contribution is 7.47. The van der Waals surface area contributed by atoms with Crippen LogP contribution in [0.25, 0.3) is 0 Å². The third-order valence-electron chi connectivity index (χ3n) is 15.7. The van der Waals surface area contributed by atoms with Crippen LogP contribution in [0.5, 0.6) is 0 Å². The molecule has 0 aromatic carbocycles. The van der Waals surface area contributed by atoms with Crippen molar-refractivity contribution in [2.75, 3.05) is 39.6 Å². The molecule has 3 N–H and O–H groups in total. The number of phosphoric acid groups is 2. The van der Waals surface area contributed by atoms with Crippen LogP contribution < -0.4 is 0 Å². The molecular formula is C68H132O17P2. The molecule has 0 aliphatic rings. The van der Waals surface area contributed by atoms with Gasteiger partial charge in [-0.1, -0.05) is 292 Å². The summed E-state index contributed by atoms with van der Waals surface area (Å²) in [7, 11) is -9.89. The number of carbonyl (C=O) groups is 4. The lowest BCUT2D eigenvalue weighted by Gasteiger charge is -2.21. The Kier molecular flexibility index (Phi) is 59.0. The van der Waals surface area contributed by atoms with Gasteiger partial charge in [-0.05, 0) is 37.5 Å². The zero-order valence-electron chi connectivity index (χ0n) is 56.3. The van der Waals surface area contributed by atoms with E-state index in [9.17, 15) is 43.2 Å². The fourth-order valence-corrected chi connectivity index (χ4v) is 11.8. The smallest absolute Gasteiger partial charge is 0.462 e. The van der Waals surface area contributed by atoms with Gasteiger partial charge in [-0.3, -0.25) is 37.3 Å². The number of unbranched alkanes of at least 4 members (excludes halogenated alkanes) is 37. The van der Waals surface area contributed by atoms with Crippen molar-refractivity contribution in [2.24, 2.45) is 11.8 Å². The maximum atomic E-state index is 13.0. The molecule has 0 aromatic rings. The lowest BCUT2D eigenvalue weighted by Crippen LogP contribution is -2.30. The SMILES string of the molecule is CCCCCCCCCCCCCCCCCCCCCC(=O)O[C@H](COC(=O)CCCCCCCCCCCC(C)C)COP(=O)(O)OC[C@@H](O)COP(=O)(O)OC[C@@H](COC(=O)CCCCCCCCC)OC(=O)CCCCCCCCC(C)C. The van der Waals surface area contributed by atoms with Crippen LogP contribution in [-0.4, -0.2) is 96.7 Å². The monoisotopic (exact) mass is 1280 g/mol. The molecule has 0 aliphatic heterocycles. The number of hydrogen-bond donors (Lipinski definition) is 3. The summed E-state index contributed by atoms with van der Waals surface area (Å²) in [4.78, 5) is 72.2. The lowest BCUT2D eigenvalue weighted by atomic mass is 10.0. The van der Waals surface area contributed by atoms with Gasteiger partial charge < -0.3 is 33.8 Å². The van der Waals surface area contributed by atoms with Crippen molar-refractivity contribution in [3.63, 3.8) is 0 Å². The minimum Gasteiger partial charge on any atom is -0.462 e. The summed E-state index contributed by atoms with van der Waals surface area (Å²) in [5, 5.41) is 10.5. The highest BCUT2D eigenvalue weighted by atomic mass is 31.2. The number of ether oxygens (including phenoxy) is 4. The summed E-state index contributed by atoms with van der Waals surface area (Å²) in [5.74, 6) is -0.724. The van der Waals surface area contributed by atoms with Crippen LogP contribution in [0.15, 0.2) is 0 Å². The molecule has 0 aliphatic carbocycles. The fourth-order valence-electron chi connectivity index (χ4n) is 10.2. The first kappa shape index (κ1) is 85.1. The van der Waals surface area contributed by atoms with Crippen molar-refractivity contribution >= 4 is 39.5 Å².